The molecule has 0 radical (unpaired) electrons. The predicted octanol–water partition coefficient (Wildman–Crippen LogP) is 3.59. The first kappa shape index (κ1) is 38.5. The summed E-state index contributed by atoms with van der Waals surface area (Å²) in [5.74, 6) is -0.771. The van der Waals surface area contributed by atoms with Crippen molar-refractivity contribution in [3.63, 3.8) is 0 Å². The van der Waals surface area contributed by atoms with Gasteiger partial charge in [-0.05, 0) is 50.6 Å². The fraction of sp³-hybridized carbons (Fsp3) is 0.588. The number of ether oxygens (including phenoxy) is 5. The summed E-state index contributed by atoms with van der Waals surface area (Å²) in [7, 11) is 5.97. The molecule has 3 aliphatic heterocycles. The molecule has 270 valence electrons. The van der Waals surface area contributed by atoms with Gasteiger partial charge >= 0.3 is 12.1 Å². The molecule has 13 nitrogen and oxygen atoms in total. The van der Waals surface area contributed by atoms with Crippen molar-refractivity contribution < 1.29 is 48.0 Å². The number of esters is 1. The van der Waals surface area contributed by atoms with E-state index in [1.54, 1.807) is 38.3 Å². The van der Waals surface area contributed by atoms with Crippen LogP contribution in [0, 0.1) is 0 Å². The van der Waals surface area contributed by atoms with Crippen LogP contribution in [-0.2, 0) is 39.8 Å². The molecule has 3 aliphatic rings. The number of alkyl carbamates (subject to hydrolysis) is 1. The lowest BCUT2D eigenvalue weighted by atomic mass is 9.90. The van der Waals surface area contributed by atoms with Crippen molar-refractivity contribution in [1.29, 1.82) is 0 Å². The number of carbonyl (C=O) groups is 4. The van der Waals surface area contributed by atoms with E-state index in [4.69, 9.17) is 35.3 Å². The van der Waals surface area contributed by atoms with Crippen molar-refractivity contribution in [3.8, 4) is 5.75 Å². The number of amides is 3. The molecule has 7 atom stereocenters. The molecule has 0 spiro atoms. The van der Waals surface area contributed by atoms with Crippen molar-refractivity contribution in [2.45, 2.75) is 94.7 Å². The number of nitrogens with zero attached hydrogens (tertiary/aromatic N) is 2. The standard InChI is InChI=1S/C34H46ClN3O10S/c1-19-9-8-10-25(45-7)34(43)18-22(46-32(42)36-34)16-27-33(3,48-27)26(47-31(41)20(2)37(4)28(39)11-12-49)17-29(40)38(5)23-14-21(13-19)15-24(44-6)30(23)35/h8-10,14-15,20,22,25-27,43,49H,11-13,16-18H2,1-7H3,(H,36,42)/b10-8+,19-9+/t20-,22+,25+,26-,27-,33-,34-/m0/s1. The van der Waals surface area contributed by atoms with Crippen LogP contribution in [0.5, 0.6) is 5.75 Å². The first-order valence-electron chi connectivity index (χ1n) is 16.0. The summed E-state index contributed by atoms with van der Waals surface area (Å²) in [5.41, 5.74) is -0.851. The van der Waals surface area contributed by atoms with Gasteiger partial charge in [0.05, 0.1) is 25.3 Å². The number of thiol groups is 1. The van der Waals surface area contributed by atoms with Gasteiger partial charge in [-0.15, -0.1) is 0 Å². The number of halogens is 1. The topological polar surface area (TPSA) is 156 Å². The summed E-state index contributed by atoms with van der Waals surface area (Å²) in [6, 6.07) is 2.61. The van der Waals surface area contributed by atoms with Crippen molar-refractivity contribution >= 4 is 53.8 Å². The Morgan fingerprint density at radius 2 is 2.00 bits per heavy atom. The number of anilines is 1. The number of benzene rings is 1. The molecule has 2 saturated heterocycles. The van der Waals surface area contributed by atoms with E-state index in [9.17, 15) is 24.3 Å². The molecule has 0 unspecified atom stereocenters. The summed E-state index contributed by atoms with van der Waals surface area (Å²) < 4.78 is 28.7. The Morgan fingerprint density at radius 1 is 1.29 bits per heavy atom. The second-order valence-corrected chi connectivity index (χ2v) is 13.7. The zero-order valence-electron chi connectivity index (χ0n) is 28.9. The number of fused-ring (bicyclic) bond motifs is 5. The number of methoxy groups -OCH3 is 2. The molecule has 3 amide bonds. The number of hydrogen-bond donors (Lipinski definition) is 3. The molecular formula is C34H46ClN3O10S. The normalized spacial score (nSPS) is 31.2. The lowest BCUT2D eigenvalue weighted by Crippen LogP contribution is -2.62. The molecule has 4 rings (SSSR count). The molecule has 0 aromatic heterocycles. The number of allylic oxidation sites excluding steroid dienone is 3. The van der Waals surface area contributed by atoms with Crippen LogP contribution in [0.15, 0.2) is 35.9 Å². The maximum absolute atomic E-state index is 14.0. The molecule has 0 aliphatic carbocycles. The Labute approximate surface area is 297 Å². The highest BCUT2D eigenvalue weighted by Crippen LogP contribution is 2.47. The summed E-state index contributed by atoms with van der Waals surface area (Å²) in [6.07, 6.45) is 1.32. The van der Waals surface area contributed by atoms with E-state index in [1.165, 1.54) is 38.0 Å². The van der Waals surface area contributed by atoms with Gasteiger partial charge in [0, 0.05) is 40.5 Å². The van der Waals surface area contributed by atoms with Gasteiger partial charge in [-0.25, -0.2) is 9.59 Å². The van der Waals surface area contributed by atoms with Gasteiger partial charge in [-0.3, -0.25) is 14.9 Å². The summed E-state index contributed by atoms with van der Waals surface area (Å²) in [5, 5.41) is 14.3. The molecule has 15 heteroatoms. The van der Waals surface area contributed by atoms with E-state index in [1.807, 2.05) is 13.0 Å². The number of rotatable bonds is 7. The number of likely N-dealkylation sites (N-methyl/N-ethyl adjacent to an activating group) is 1. The van der Waals surface area contributed by atoms with Crippen LogP contribution in [0.2, 0.25) is 5.02 Å². The largest absolute Gasteiger partial charge is 0.495 e. The quantitative estimate of drug-likeness (QED) is 0.216. The van der Waals surface area contributed by atoms with E-state index in [0.717, 1.165) is 11.1 Å². The molecule has 2 fully saturated rings. The molecular weight excluding hydrogens is 678 g/mol. The summed E-state index contributed by atoms with van der Waals surface area (Å²) >= 11 is 10.8. The average molecular weight is 724 g/mol. The monoisotopic (exact) mass is 723 g/mol. The maximum Gasteiger partial charge on any atom is 0.409 e. The van der Waals surface area contributed by atoms with E-state index in [0.29, 0.717) is 23.6 Å². The molecule has 1 aromatic rings. The van der Waals surface area contributed by atoms with Crippen LogP contribution in [-0.4, -0.2) is 110 Å². The molecule has 2 N–H and O–H groups in total. The number of carbonyl (C=O) groups excluding carboxylic acids is 4. The second kappa shape index (κ2) is 15.7. The van der Waals surface area contributed by atoms with Crippen LogP contribution in [0.4, 0.5) is 10.5 Å². The van der Waals surface area contributed by atoms with Gasteiger partial charge < -0.3 is 38.6 Å². The maximum atomic E-state index is 14.0. The Kier molecular flexibility index (Phi) is 12.3. The fourth-order valence-corrected chi connectivity index (χ4v) is 6.64. The van der Waals surface area contributed by atoms with Gasteiger partial charge in [0.2, 0.25) is 11.8 Å². The van der Waals surface area contributed by atoms with Crippen LogP contribution in [0.1, 0.15) is 52.0 Å². The summed E-state index contributed by atoms with van der Waals surface area (Å²) in [4.78, 5) is 55.2. The minimum Gasteiger partial charge on any atom is -0.495 e. The van der Waals surface area contributed by atoms with Crippen molar-refractivity contribution in [3.05, 3.63) is 46.5 Å². The van der Waals surface area contributed by atoms with E-state index >= 15 is 0 Å². The lowest BCUT2D eigenvalue weighted by molar-refractivity contribution is -0.161. The average Bonchev–Trinajstić information content (AvgIpc) is 3.70. The number of aliphatic hydroxyl groups is 1. The Balaban J connectivity index is 1.74. The highest BCUT2D eigenvalue weighted by molar-refractivity contribution is 7.80. The Hall–Kier alpha value is -3.30. The lowest BCUT2D eigenvalue weighted by Gasteiger charge is -2.40. The van der Waals surface area contributed by atoms with Crippen LogP contribution in [0.3, 0.4) is 0 Å². The van der Waals surface area contributed by atoms with Gasteiger partial charge in [0.25, 0.3) is 0 Å². The highest BCUT2D eigenvalue weighted by atomic mass is 35.5. The van der Waals surface area contributed by atoms with Gasteiger partial charge in [-0.1, -0.05) is 35.4 Å². The third-order valence-electron chi connectivity index (χ3n) is 9.39. The molecule has 4 bridgehead atoms. The molecule has 49 heavy (non-hydrogen) atoms. The predicted molar refractivity (Wildman–Crippen MR) is 185 cm³/mol. The zero-order valence-corrected chi connectivity index (χ0v) is 30.5. The molecule has 1 aromatic carbocycles. The van der Waals surface area contributed by atoms with E-state index < -0.39 is 59.8 Å². The number of nitrogens with one attached hydrogen (secondary N) is 1. The van der Waals surface area contributed by atoms with E-state index in [2.05, 4.69) is 17.9 Å². The number of hydrogen-bond acceptors (Lipinski definition) is 11. The van der Waals surface area contributed by atoms with Crippen LogP contribution >= 0.6 is 24.2 Å². The third-order valence-corrected chi connectivity index (χ3v) is 10.00. The van der Waals surface area contributed by atoms with Crippen LogP contribution in [0.25, 0.3) is 0 Å². The summed E-state index contributed by atoms with van der Waals surface area (Å²) in [6.45, 7) is 5.15. The minimum absolute atomic E-state index is 0.0362. The van der Waals surface area contributed by atoms with Gasteiger partial charge in [0.1, 0.15) is 40.7 Å². The van der Waals surface area contributed by atoms with Crippen LogP contribution < -0.4 is 15.0 Å². The van der Waals surface area contributed by atoms with Gasteiger partial charge in [-0.2, -0.15) is 12.6 Å². The minimum atomic E-state index is -1.80. The first-order valence-corrected chi connectivity index (χ1v) is 17.0. The number of epoxide rings is 1. The van der Waals surface area contributed by atoms with Crippen molar-refractivity contribution in [2.75, 3.05) is 39.0 Å². The highest BCUT2D eigenvalue weighted by Gasteiger charge is 2.61. The Bertz CT molecular complexity index is 1510. The third kappa shape index (κ3) is 8.72. The first-order chi connectivity index (χ1) is 23.1. The van der Waals surface area contributed by atoms with E-state index in [-0.39, 0.29) is 36.6 Å². The molecule has 3 heterocycles. The SMILES string of the molecule is COc1cc2cc(c1Cl)N(C)C(=O)C[C@H](OC(=O)[C@H](C)N(C)C(=O)CCS)[C@]1(C)O[C@H]1C[C@@H]1C[C@@](O)(NC(=O)O1)[C@H](OC)/C=C/C=C(\C)C2. The van der Waals surface area contributed by atoms with Crippen molar-refractivity contribution in [1.82, 2.24) is 10.2 Å². The van der Waals surface area contributed by atoms with Gasteiger partial charge in [0.15, 0.2) is 5.72 Å². The zero-order chi connectivity index (χ0) is 36.3. The Morgan fingerprint density at radius 3 is 2.65 bits per heavy atom. The fourth-order valence-electron chi connectivity index (χ4n) is 6.14. The molecule has 0 saturated carbocycles. The van der Waals surface area contributed by atoms with Crippen molar-refractivity contribution in [2.24, 2.45) is 0 Å². The second-order valence-electron chi connectivity index (χ2n) is 12.9. The smallest absolute Gasteiger partial charge is 0.409 e.